The zero-order valence-corrected chi connectivity index (χ0v) is 14.8. The fourth-order valence-electron chi connectivity index (χ4n) is 2.30. The Bertz CT molecular complexity index is 740. The highest BCUT2D eigenvalue weighted by Gasteiger charge is 2.18. The van der Waals surface area contributed by atoms with Gasteiger partial charge in [0.25, 0.3) is 5.91 Å². The van der Waals surface area contributed by atoms with Crippen LogP contribution in [0.1, 0.15) is 41.4 Å². The summed E-state index contributed by atoms with van der Waals surface area (Å²) < 4.78 is 1.64. The van der Waals surface area contributed by atoms with E-state index in [0.717, 1.165) is 11.3 Å². The van der Waals surface area contributed by atoms with Crippen molar-refractivity contribution in [2.24, 2.45) is 7.05 Å². The molecule has 0 aliphatic rings. The first-order valence-electron chi connectivity index (χ1n) is 7.60. The van der Waals surface area contributed by atoms with Gasteiger partial charge in [0.05, 0.1) is 17.0 Å². The van der Waals surface area contributed by atoms with Crippen LogP contribution in [0.25, 0.3) is 0 Å². The highest BCUT2D eigenvalue weighted by molar-refractivity contribution is 7.99. The second-order valence-corrected chi connectivity index (χ2v) is 6.78. The van der Waals surface area contributed by atoms with E-state index in [4.69, 9.17) is 5.11 Å². The lowest BCUT2D eigenvalue weighted by molar-refractivity contribution is -0.133. The first-order chi connectivity index (χ1) is 11.4. The molecule has 0 radical (unpaired) electrons. The van der Waals surface area contributed by atoms with Crippen LogP contribution in [-0.2, 0) is 17.6 Å². The second-order valence-electron chi connectivity index (χ2n) is 5.80. The molecule has 0 aliphatic heterocycles. The molecular formula is C17H21N3O3S. The van der Waals surface area contributed by atoms with Gasteiger partial charge in [0.15, 0.2) is 0 Å². The lowest BCUT2D eigenvalue weighted by atomic mass is 10.1. The third-order valence-corrected chi connectivity index (χ3v) is 4.32. The standard InChI is InChI=1S/C17H21N3O3S/c1-11(2)16-14(8-20(3)19-16)17(23)18-13-6-4-5-12(7-13)9-24-10-15(21)22/h4-8,11H,9-10H2,1-3H3,(H,18,23)(H,21,22). The van der Waals surface area contributed by atoms with Crippen molar-refractivity contribution in [2.45, 2.75) is 25.5 Å². The maximum Gasteiger partial charge on any atom is 0.313 e. The van der Waals surface area contributed by atoms with Gasteiger partial charge in [-0.15, -0.1) is 11.8 Å². The number of aromatic nitrogens is 2. The number of nitrogens with zero attached hydrogens (tertiary/aromatic N) is 2. The van der Waals surface area contributed by atoms with Crippen molar-refractivity contribution in [3.05, 3.63) is 47.3 Å². The van der Waals surface area contributed by atoms with Crippen LogP contribution in [0.2, 0.25) is 0 Å². The molecule has 0 unspecified atom stereocenters. The zero-order chi connectivity index (χ0) is 17.7. The molecule has 128 valence electrons. The highest BCUT2D eigenvalue weighted by atomic mass is 32.2. The van der Waals surface area contributed by atoms with Crippen LogP contribution in [0, 0.1) is 0 Å². The van der Waals surface area contributed by atoms with Crippen molar-refractivity contribution in [2.75, 3.05) is 11.1 Å². The molecule has 1 aromatic heterocycles. The molecule has 0 atom stereocenters. The molecule has 6 nitrogen and oxygen atoms in total. The first kappa shape index (κ1) is 18.1. The van der Waals surface area contributed by atoms with E-state index in [1.165, 1.54) is 11.8 Å². The van der Waals surface area contributed by atoms with E-state index < -0.39 is 5.97 Å². The van der Waals surface area contributed by atoms with Gasteiger partial charge in [-0.3, -0.25) is 14.3 Å². The van der Waals surface area contributed by atoms with Gasteiger partial charge < -0.3 is 10.4 Å². The van der Waals surface area contributed by atoms with Gasteiger partial charge in [-0.25, -0.2) is 0 Å². The van der Waals surface area contributed by atoms with Crippen LogP contribution in [0.15, 0.2) is 30.5 Å². The molecule has 0 spiro atoms. The summed E-state index contributed by atoms with van der Waals surface area (Å²) >= 11 is 1.32. The molecule has 2 aromatic rings. The smallest absolute Gasteiger partial charge is 0.313 e. The number of aryl methyl sites for hydroxylation is 1. The van der Waals surface area contributed by atoms with Crippen molar-refractivity contribution in [1.29, 1.82) is 0 Å². The lowest BCUT2D eigenvalue weighted by Crippen LogP contribution is -2.14. The van der Waals surface area contributed by atoms with Crippen LogP contribution >= 0.6 is 11.8 Å². The summed E-state index contributed by atoms with van der Waals surface area (Å²) in [7, 11) is 1.79. The Kier molecular flexibility index (Phi) is 6.03. The zero-order valence-electron chi connectivity index (χ0n) is 13.9. The van der Waals surface area contributed by atoms with Gasteiger partial charge in [0.1, 0.15) is 0 Å². The van der Waals surface area contributed by atoms with E-state index in [1.54, 1.807) is 17.9 Å². The number of carboxylic acid groups (broad SMARTS) is 1. The van der Waals surface area contributed by atoms with E-state index in [1.807, 2.05) is 38.1 Å². The van der Waals surface area contributed by atoms with Gasteiger partial charge >= 0.3 is 5.97 Å². The summed E-state index contributed by atoms with van der Waals surface area (Å²) in [5, 5.41) is 15.9. The molecule has 1 aromatic carbocycles. The van der Waals surface area contributed by atoms with Gasteiger partial charge in [-0.05, 0) is 23.6 Å². The molecule has 0 fully saturated rings. The number of carbonyl (C=O) groups is 2. The van der Waals surface area contributed by atoms with E-state index in [9.17, 15) is 9.59 Å². The number of rotatable bonds is 7. The maximum absolute atomic E-state index is 12.5. The SMILES string of the molecule is CC(C)c1nn(C)cc1C(=O)Nc1cccc(CSCC(=O)O)c1. The molecule has 0 saturated carbocycles. The minimum atomic E-state index is -0.831. The Morgan fingerprint density at radius 3 is 2.79 bits per heavy atom. The Morgan fingerprint density at radius 1 is 1.38 bits per heavy atom. The molecule has 24 heavy (non-hydrogen) atoms. The summed E-state index contributed by atoms with van der Waals surface area (Å²) in [5.74, 6) is -0.223. The number of carboxylic acids is 1. The van der Waals surface area contributed by atoms with E-state index in [0.29, 0.717) is 17.0 Å². The molecule has 7 heteroatoms. The monoisotopic (exact) mass is 347 g/mol. The van der Waals surface area contributed by atoms with E-state index >= 15 is 0 Å². The Balaban J connectivity index is 2.08. The molecule has 1 amide bonds. The highest BCUT2D eigenvalue weighted by Crippen LogP contribution is 2.20. The maximum atomic E-state index is 12.5. The van der Waals surface area contributed by atoms with Crippen LogP contribution in [0.3, 0.4) is 0 Å². The molecule has 0 bridgehead atoms. The minimum Gasteiger partial charge on any atom is -0.481 e. The molecule has 0 saturated heterocycles. The van der Waals surface area contributed by atoms with Crippen molar-refractivity contribution in [1.82, 2.24) is 9.78 Å². The summed E-state index contributed by atoms with van der Waals surface area (Å²) in [6, 6.07) is 7.43. The molecule has 1 heterocycles. The molecule has 2 N–H and O–H groups in total. The number of amides is 1. The third kappa shape index (κ3) is 4.86. The van der Waals surface area contributed by atoms with Crippen molar-refractivity contribution in [3.63, 3.8) is 0 Å². The number of hydrogen-bond donors (Lipinski definition) is 2. The van der Waals surface area contributed by atoms with E-state index in [2.05, 4.69) is 10.4 Å². The lowest BCUT2D eigenvalue weighted by Gasteiger charge is -2.08. The van der Waals surface area contributed by atoms with Gasteiger partial charge in [-0.1, -0.05) is 26.0 Å². The first-order valence-corrected chi connectivity index (χ1v) is 8.75. The van der Waals surface area contributed by atoms with Gasteiger partial charge in [0.2, 0.25) is 0 Å². The average Bonchev–Trinajstić information content (AvgIpc) is 2.90. The van der Waals surface area contributed by atoms with Crippen LogP contribution in [0.4, 0.5) is 5.69 Å². The van der Waals surface area contributed by atoms with Crippen molar-refractivity contribution >= 4 is 29.3 Å². The summed E-state index contributed by atoms with van der Waals surface area (Å²) in [6.07, 6.45) is 1.72. The third-order valence-electron chi connectivity index (χ3n) is 3.33. The number of nitrogens with one attached hydrogen (secondary N) is 1. The fraction of sp³-hybridized carbons (Fsp3) is 0.353. The Morgan fingerprint density at radius 2 is 2.12 bits per heavy atom. The fourth-order valence-corrected chi connectivity index (χ4v) is 2.99. The largest absolute Gasteiger partial charge is 0.481 e. The Labute approximate surface area is 145 Å². The predicted molar refractivity (Wildman–Crippen MR) is 95.5 cm³/mol. The molecule has 0 aliphatic carbocycles. The number of hydrogen-bond acceptors (Lipinski definition) is 4. The topological polar surface area (TPSA) is 84.2 Å². The second kappa shape index (κ2) is 8.01. The number of thioether (sulfide) groups is 1. The molecule has 2 rings (SSSR count). The van der Waals surface area contributed by atoms with Crippen LogP contribution < -0.4 is 5.32 Å². The summed E-state index contributed by atoms with van der Waals surface area (Å²) in [5.41, 5.74) is 2.99. The summed E-state index contributed by atoms with van der Waals surface area (Å²) in [6.45, 7) is 4.00. The average molecular weight is 347 g/mol. The Hall–Kier alpha value is -2.28. The van der Waals surface area contributed by atoms with Gasteiger partial charge in [-0.2, -0.15) is 5.10 Å². The normalized spacial score (nSPS) is 10.8. The number of aliphatic carboxylic acids is 1. The summed E-state index contributed by atoms with van der Waals surface area (Å²) in [4.78, 5) is 23.1. The number of carbonyl (C=O) groups excluding carboxylic acids is 1. The van der Waals surface area contributed by atoms with Crippen LogP contribution in [-0.4, -0.2) is 32.5 Å². The van der Waals surface area contributed by atoms with Crippen LogP contribution in [0.5, 0.6) is 0 Å². The van der Waals surface area contributed by atoms with Crippen molar-refractivity contribution in [3.8, 4) is 0 Å². The number of benzene rings is 1. The quantitative estimate of drug-likeness (QED) is 0.804. The minimum absolute atomic E-state index is 0.0595. The van der Waals surface area contributed by atoms with Gasteiger partial charge in [0, 0.05) is 24.7 Å². The predicted octanol–water partition coefficient (Wildman–Crippen LogP) is 3.11. The number of anilines is 1. The molecular weight excluding hydrogens is 326 g/mol. The van der Waals surface area contributed by atoms with Crippen molar-refractivity contribution < 1.29 is 14.7 Å². The van der Waals surface area contributed by atoms with E-state index in [-0.39, 0.29) is 17.6 Å².